The first kappa shape index (κ1) is 23.1. The van der Waals surface area contributed by atoms with Crippen LogP contribution in [-0.4, -0.2) is 18.4 Å². The Kier molecular flexibility index (Phi) is 6.90. The molecule has 0 fully saturated rings. The van der Waals surface area contributed by atoms with Crippen LogP contribution in [0.1, 0.15) is 23.6 Å². The van der Waals surface area contributed by atoms with Crippen molar-refractivity contribution in [3.63, 3.8) is 0 Å². The summed E-state index contributed by atoms with van der Waals surface area (Å²) in [5.41, 5.74) is 4.26. The van der Waals surface area contributed by atoms with E-state index < -0.39 is 5.97 Å². The van der Waals surface area contributed by atoms with Crippen molar-refractivity contribution in [1.29, 1.82) is 0 Å². The van der Waals surface area contributed by atoms with Gasteiger partial charge in [0.15, 0.2) is 5.70 Å². The number of cyclic esters (lactones) is 1. The van der Waals surface area contributed by atoms with Crippen LogP contribution >= 0.6 is 0 Å². The summed E-state index contributed by atoms with van der Waals surface area (Å²) in [4.78, 5) is 19.2. The van der Waals surface area contributed by atoms with Gasteiger partial charge in [0.05, 0.1) is 0 Å². The molecule has 0 amide bonds. The molecule has 0 N–H and O–H groups in total. The fourth-order valence-corrected chi connectivity index (χ4v) is 3.95. The molecule has 1 aliphatic heterocycles. The first-order valence-corrected chi connectivity index (χ1v) is 11.9. The number of carbonyl (C=O) groups is 1. The van der Waals surface area contributed by atoms with Crippen LogP contribution in [0.25, 0.3) is 6.08 Å². The van der Waals surface area contributed by atoms with Crippen LogP contribution in [0.3, 0.4) is 0 Å². The van der Waals surface area contributed by atoms with E-state index in [0.29, 0.717) is 11.3 Å². The first-order chi connectivity index (χ1) is 17.7. The van der Waals surface area contributed by atoms with Gasteiger partial charge in [-0.15, -0.1) is 0 Å². The van der Waals surface area contributed by atoms with Crippen LogP contribution < -0.4 is 9.64 Å². The molecule has 0 spiro atoms. The van der Waals surface area contributed by atoms with E-state index in [0.717, 1.165) is 30.1 Å². The van der Waals surface area contributed by atoms with E-state index in [-0.39, 0.29) is 11.6 Å². The van der Waals surface area contributed by atoms with Gasteiger partial charge in [0.2, 0.25) is 5.90 Å². The molecular formula is C31H26N2O3. The van der Waals surface area contributed by atoms with E-state index in [1.807, 2.05) is 72.8 Å². The number of carbonyl (C=O) groups excluding carboxylic acids is 1. The van der Waals surface area contributed by atoms with Crippen LogP contribution in [0.5, 0.6) is 11.5 Å². The number of nitrogens with zero attached hydrogens (tertiary/aromatic N) is 2. The summed E-state index contributed by atoms with van der Waals surface area (Å²) in [6, 6.07) is 35.4. The highest BCUT2D eigenvalue weighted by Crippen LogP contribution is 2.25. The van der Waals surface area contributed by atoms with Gasteiger partial charge < -0.3 is 14.4 Å². The molecule has 5 nitrogen and oxygen atoms in total. The number of anilines is 1. The molecule has 0 atom stereocenters. The highest BCUT2D eigenvalue weighted by Gasteiger charge is 2.24. The summed E-state index contributed by atoms with van der Waals surface area (Å²) >= 11 is 0. The minimum Gasteiger partial charge on any atom is -0.457 e. The first-order valence-electron chi connectivity index (χ1n) is 11.9. The molecule has 1 aliphatic rings. The van der Waals surface area contributed by atoms with Crippen molar-refractivity contribution >= 4 is 23.6 Å². The van der Waals surface area contributed by atoms with Crippen molar-refractivity contribution in [3.8, 4) is 11.5 Å². The zero-order valence-electron chi connectivity index (χ0n) is 20.0. The molecule has 0 saturated carbocycles. The molecule has 0 aromatic heterocycles. The summed E-state index contributed by atoms with van der Waals surface area (Å²) in [7, 11) is 0. The molecule has 36 heavy (non-hydrogen) atoms. The van der Waals surface area contributed by atoms with Crippen LogP contribution in [0.4, 0.5) is 5.69 Å². The largest absolute Gasteiger partial charge is 0.457 e. The van der Waals surface area contributed by atoms with Gasteiger partial charge >= 0.3 is 5.97 Å². The molecule has 0 bridgehead atoms. The highest BCUT2D eigenvalue weighted by atomic mass is 16.6. The number of ether oxygens (including phenoxy) is 2. The second-order valence-electron chi connectivity index (χ2n) is 8.37. The van der Waals surface area contributed by atoms with Crippen LogP contribution in [0.15, 0.2) is 120 Å². The fraction of sp³-hybridized carbons (Fsp3) is 0.0968. The van der Waals surface area contributed by atoms with Crippen LogP contribution in [0.2, 0.25) is 0 Å². The van der Waals surface area contributed by atoms with Crippen molar-refractivity contribution < 1.29 is 14.3 Å². The van der Waals surface area contributed by atoms with E-state index in [9.17, 15) is 4.79 Å². The zero-order chi connectivity index (χ0) is 24.7. The molecule has 178 valence electrons. The molecule has 4 aromatic carbocycles. The van der Waals surface area contributed by atoms with Crippen LogP contribution in [-0.2, 0) is 16.1 Å². The number of benzene rings is 4. The minimum atomic E-state index is -0.460. The normalized spacial score (nSPS) is 13.9. The van der Waals surface area contributed by atoms with Gasteiger partial charge in [-0.05, 0) is 72.7 Å². The quantitative estimate of drug-likeness (QED) is 0.207. The monoisotopic (exact) mass is 474 g/mol. The Labute approximate surface area is 211 Å². The summed E-state index contributed by atoms with van der Waals surface area (Å²) in [6.07, 6.45) is 1.75. The molecule has 5 heteroatoms. The van der Waals surface area contributed by atoms with Crippen molar-refractivity contribution in [2.75, 3.05) is 11.4 Å². The van der Waals surface area contributed by atoms with E-state index >= 15 is 0 Å². The Hall–Kier alpha value is -4.64. The number of esters is 1. The Morgan fingerprint density at radius 3 is 2.11 bits per heavy atom. The van der Waals surface area contributed by atoms with E-state index in [1.165, 1.54) is 5.56 Å². The lowest BCUT2D eigenvalue weighted by Crippen LogP contribution is -2.21. The summed E-state index contributed by atoms with van der Waals surface area (Å²) in [6.45, 7) is 3.88. The lowest BCUT2D eigenvalue weighted by Gasteiger charge is -2.23. The van der Waals surface area contributed by atoms with E-state index in [1.54, 1.807) is 6.08 Å². The Balaban J connectivity index is 1.28. The van der Waals surface area contributed by atoms with Gasteiger partial charge in [-0.3, -0.25) is 0 Å². The minimum absolute atomic E-state index is 0.277. The fourth-order valence-electron chi connectivity index (χ4n) is 3.95. The Bertz CT molecular complexity index is 1380. The van der Waals surface area contributed by atoms with Gasteiger partial charge in [-0.25, -0.2) is 9.79 Å². The molecule has 0 unspecified atom stereocenters. The standard InChI is InChI=1S/C31H26N2O3/c1-2-33(22-24-9-5-3-6-10-24)26-17-13-23(14-18-26)21-29-31(34)36-30(32-29)25-15-19-28(20-16-25)35-27-11-7-4-8-12-27/h3-21H,2,22H2,1H3/b29-21-. The SMILES string of the molecule is CCN(Cc1ccccc1)c1ccc(/C=C2\N=C(c3ccc(Oc4ccccc4)cc3)OC2=O)cc1. The number of para-hydroxylation sites is 1. The molecule has 4 aromatic rings. The van der Waals surface area contributed by atoms with Crippen molar-refractivity contribution in [3.05, 3.63) is 132 Å². The third kappa shape index (κ3) is 5.53. The molecule has 5 rings (SSSR count). The molecule has 0 aliphatic carbocycles. The second-order valence-corrected chi connectivity index (χ2v) is 8.37. The smallest absolute Gasteiger partial charge is 0.363 e. The topological polar surface area (TPSA) is 51.1 Å². The predicted molar refractivity (Wildman–Crippen MR) is 143 cm³/mol. The lowest BCUT2D eigenvalue weighted by molar-refractivity contribution is -0.129. The molecule has 1 heterocycles. The van der Waals surface area contributed by atoms with Crippen molar-refractivity contribution in [2.45, 2.75) is 13.5 Å². The van der Waals surface area contributed by atoms with Gasteiger partial charge in [0.25, 0.3) is 0 Å². The number of aliphatic imine (C=N–C) groups is 1. The third-order valence-electron chi connectivity index (χ3n) is 5.86. The molecular weight excluding hydrogens is 448 g/mol. The average molecular weight is 475 g/mol. The Morgan fingerprint density at radius 1 is 0.806 bits per heavy atom. The Morgan fingerprint density at radius 2 is 1.44 bits per heavy atom. The summed E-state index contributed by atoms with van der Waals surface area (Å²) in [5, 5.41) is 0. The number of hydrogen-bond donors (Lipinski definition) is 0. The second kappa shape index (κ2) is 10.7. The van der Waals surface area contributed by atoms with Gasteiger partial charge in [-0.1, -0.05) is 60.7 Å². The lowest BCUT2D eigenvalue weighted by atomic mass is 10.1. The van der Waals surface area contributed by atoms with Crippen LogP contribution in [0, 0.1) is 0 Å². The van der Waals surface area contributed by atoms with Gasteiger partial charge in [0, 0.05) is 24.3 Å². The predicted octanol–water partition coefficient (Wildman–Crippen LogP) is 6.85. The molecule has 0 radical (unpaired) electrons. The summed E-state index contributed by atoms with van der Waals surface area (Å²) < 4.78 is 11.3. The number of hydrogen-bond acceptors (Lipinski definition) is 5. The van der Waals surface area contributed by atoms with E-state index in [2.05, 4.69) is 53.2 Å². The highest BCUT2D eigenvalue weighted by molar-refractivity contribution is 6.12. The maximum Gasteiger partial charge on any atom is 0.363 e. The maximum absolute atomic E-state index is 12.5. The number of rotatable bonds is 8. The zero-order valence-corrected chi connectivity index (χ0v) is 20.0. The maximum atomic E-state index is 12.5. The summed E-state index contributed by atoms with van der Waals surface area (Å²) in [5.74, 6) is 1.28. The van der Waals surface area contributed by atoms with Crippen molar-refractivity contribution in [1.82, 2.24) is 0 Å². The van der Waals surface area contributed by atoms with E-state index in [4.69, 9.17) is 9.47 Å². The van der Waals surface area contributed by atoms with Gasteiger partial charge in [-0.2, -0.15) is 0 Å². The van der Waals surface area contributed by atoms with Gasteiger partial charge in [0.1, 0.15) is 11.5 Å². The third-order valence-corrected chi connectivity index (χ3v) is 5.86. The van der Waals surface area contributed by atoms with Crippen molar-refractivity contribution in [2.24, 2.45) is 4.99 Å². The average Bonchev–Trinajstić information content (AvgIpc) is 3.29. The molecule has 0 saturated heterocycles.